The van der Waals surface area contributed by atoms with Gasteiger partial charge in [0.05, 0.1) is 63.7 Å². The average Bonchev–Trinajstić information content (AvgIpc) is 3.39. The summed E-state index contributed by atoms with van der Waals surface area (Å²) in [5.41, 5.74) is 5.44. The molecule has 0 bridgehead atoms. The molecule has 0 spiro atoms. The average molecular weight is 1170 g/mol. The number of nitrogens with two attached hydrogens (primary N) is 1. The molecule has 0 aromatic carbocycles. The van der Waals surface area contributed by atoms with Crippen LogP contribution in [0.3, 0.4) is 0 Å². The Morgan fingerprint density at radius 2 is 0.537 bits per heavy atom. The fourth-order valence-corrected chi connectivity index (χ4v) is 8.52. The van der Waals surface area contributed by atoms with Crippen LogP contribution in [0.25, 0.3) is 0 Å². The van der Waals surface area contributed by atoms with Gasteiger partial charge in [-0.15, -0.1) is 0 Å². The van der Waals surface area contributed by atoms with Crippen LogP contribution >= 0.6 is 0 Å². The second kappa shape index (κ2) is 39.9. The molecule has 7 N–H and O–H groups in total. The van der Waals surface area contributed by atoms with Gasteiger partial charge in [-0.3, -0.25) is 47.9 Å². The van der Waals surface area contributed by atoms with Crippen LogP contribution in [-0.4, -0.2) is 276 Å². The second-order valence-corrected chi connectivity index (χ2v) is 22.0. The standard InChI is InChI=1S/C56H105N11O14.CH4/c1-17-37(7)58-23-48(73)64(39(9)19-3)33-51(76)59(24-43(13)68)29-49(74)62(27-46(16)71)32-54(79)67(42(12)22-6)36-56(81)65(40(10)20-4)34-52(77)60(25-44(14)69)30-50(75)61(26-45(15)70)31-53(78)66(41(11)21-5)35-55(80)63(28-47(57)72)38(8)18-2;/h37-46,58,68-71H,17-36H2,1-16H3,(H2,57,72);1H4/t37-,38-,39-,40-,41-,42-,43+,44+,45+,46+;/m0./s1. The molecule has 0 fully saturated rings. The van der Waals surface area contributed by atoms with E-state index in [4.69, 9.17) is 5.73 Å². The molecule has 0 aromatic heterocycles. The number of rotatable bonds is 40. The summed E-state index contributed by atoms with van der Waals surface area (Å²) < 4.78 is 0. The van der Waals surface area contributed by atoms with Crippen LogP contribution in [0.5, 0.6) is 0 Å². The van der Waals surface area contributed by atoms with Crippen molar-refractivity contribution in [1.82, 2.24) is 49.4 Å². The number of aliphatic hydroxyl groups excluding tert-OH is 4. The summed E-state index contributed by atoms with van der Waals surface area (Å²) >= 11 is 0. The lowest BCUT2D eigenvalue weighted by molar-refractivity contribution is -0.152. The van der Waals surface area contributed by atoms with Crippen LogP contribution in [-0.2, 0) is 47.9 Å². The van der Waals surface area contributed by atoms with E-state index >= 15 is 0 Å². The molecule has 10 atom stereocenters. The van der Waals surface area contributed by atoms with Gasteiger partial charge in [0.25, 0.3) is 0 Å². The maximum atomic E-state index is 14.5. The minimum absolute atomic E-state index is 0. The van der Waals surface area contributed by atoms with Crippen molar-refractivity contribution in [1.29, 1.82) is 0 Å². The normalized spacial score (nSPS) is 14.8. The molecule has 0 rings (SSSR count). The van der Waals surface area contributed by atoms with Crippen molar-refractivity contribution in [3.8, 4) is 0 Å². The quantitative estimate of drug-likeness (QED) is 0.0486. The molecule has 82 heavy (non-hydrogen) atoms. The number of amides is 10. The van der Waals surface area contributed by atoms with Gasteiger partial charge < -0.3 is 75.6 Å². The number of aliphatic hydroxyl groups is 4. The number of hydrogen-bond donors (Lipinski definition) is 6. The zero-order valence-electron chi connectivity index (χ0n) is 51.9. The molecular weight excluding hydrogens is 1060 g/mol. The van der Waals surface area contributed by atoms with Crippen molar-refractivity contribution in [3.05, 3.63) is 0 Å². The summed E-state index contributed by atoms with van der Waals surface area (Å²) in [5, 5.41) is 45.2. The van der Waals surface area contributed by atoms with Crippen molar-refractivity contribution < 1.29 is 68.4 Å². The highest BCUT2D eigenvalue weighted by Crippen LogP contribution is 2.15. The summed E-state index contributed by atoms with van der Waals surface area (Å²) in [6.07, 6.45) is -1.60. The highest BCUT2D eigenvalue weighted by Gasteiger charge is 2.35. The van der Waals surface area contributed by atoms with Crippen LogP contribution in [0.4, 0.5) is 0 Å². The van der Waals surface area contributed by atoms with E-state index in [0.29, 0.717) is 32.1 Å². The van der Waals surface area contributed by atoms with E-state index in [-0.39, 0.29) is 77.3 Å². The van der Waals surface area contributed by atoms with Gasteiger partial charge in [0.2, 0.25) is 59.1 Å². The molecule has 0 saturated heterocycles. The molecule has 0 unspecified atom stereocenters. The van der Waals surface area contributed by atoms with Crippen LogP contribution < -0.4 is 11.1 Å². The number of nitrogens with zero attached hydrogens (tertiary/aromatic N) is 9. The smallest absolute Gasteiger partial charge is 0.242 e. The zero-order valence-corrected chi connectivity index (χ0v) is 51.9. The third kappa shape index (κ3) is 28.2. The summed E-state index contributed by atoms with van der Waals surface area (Å²) in [6.45, 7) is 21.0. The molecule has 25 heteroatoms. The lowest BCUT2D eigenvalue weighted by atomic mass is 10.1. The fraction of sp³-hybridized carbons (Fsp3) is 0.825. The van der Waals surface area contributed by atoms with Crippen molar-refractivity contribution in [2.45, 2.75) is 217 Å². The summed E-state index contributed by atoms with van der Waals surface area (Å²) in [6, 6.07) is -2.37. The number of carbonyl (C=O) groups excluding carboxylic acids is 10. The minimum Gasteiger partial charge on any atom is -0.392 e. The van der Waals surface area contributed by atoms with Gasteiger partial charge in [-0.1, -0.05) is 49.0 Å². The largest absolute Gasteiger partial charge is 0.392 e. The van der Waals surface area contributed by atoms with Crippen LogP contribution in [0.1, 0.15) is 157 Å². The van der Waals surface area contributed by atoms with E-state index in [9.17, 15) is 68.4 Å². The van der Waals surface area contributed by atoms with E-state index in [1.165, 1.54) is 52.2 Å². The Morgan fingerprint density at radius 1 is 0.329 bits per heavy atom. The third-order valence-electron chi connectivity index (χ3n) is 14.6. The van der Waals surface area contributed by atoms with Crippen molar-refractivity contribution in [3.63, 3.8) is 0 Å². The predicted molar refractivity (Wildman–Crippen MR) is 314 cm³/mol. The van der Waals surface area contributed by atoms with Crippen LogP contribution in [0.15, 0.2) is 0 Å². The minimum atomic E-state index is -1.17. The molecule has 0 aliphatic rings. The van der Waals surface area contributed by atoms with Gasteiger partial charge in [0.1, 0.15) is 26.2 Å². The van der Waals surface area contributed by atoms with Crippen molar-refractivity contribution in [2.75, 3.05) is 91.6 Å². The highest BCUT2D eigenvalue weighted by atomic mass is 16.3. The lowest BCUT2D eigenvalue weighted by Crippen LogP contribution is -2.56. The molecular formula is C57H109N11O14. The predicted octanol–water partition coefficient (Wildman–Crippen LogP) is 0.469. The van der Waals surface area contributed by atoms with E-state index in [1.807, 2.05) is 27.7 Å². The SMILES string of the molecule is C.CC[C@H](C)NCC(=O)N(CC(=O)N(CC(=O)N(CC(=O)N(CC(=O)N(CC(=O)N(CC(=O)N(CC(=O)N(CC(=O)N(CC(N)=O)[C@@H](C)CC)[C@@H](C)CC)C[C@@H](C)O)C[C@@H](C)O)[C@@H](C)CC)[C@@H](C)CC)C[C@@H](C)O)C[C@@H](C)O)[C@@H](C)CC. The second-order valence-electron chi connectivity index (χ2n) is 22.0. The molecule has 0 aliphatic carbocycles. The number of primary amides is 1. The first-order valence-electron chi connectivity index (χ1n) is 29.1. The van der Waals surface area contributed by atoms with E-state index in [2.05, 4.69) is 5.32 Å². The Bertz CT molecular complexity index is 2010. The van der Waals surface area contributed by atoms with E-state index < -0.39 is 142 Å². The summed E-state index contributed by atoms with van der Waals surface area (Å²) in [5.74, 6) is -6.53. The first kappa shape index (κ1) is 78.6. The molecule has 476 valence electrons. The maximum Gasteiger partial charge on any atom is 0.242 e. The topological polar surface area (TPSA) is 319 Å². The van der Waals surface area contributed by atoms with Gasteiger partial charge >= 0.3 is 0 Å². The molecule has 0 saturated carbocycles. The Labute approximate surface area is 490 Å². The fourth-order valence-electron chi connectivity index (χ4n) is 8.52. The molecule has 0 radical (unpaired) electrons. The van der Waals surface area contributed by atoms with Crippen LogP contribution in [0.2, 0.25) is 0 Å². The molecule has 0 aliphatic heterocycles. The van der Waals surface area contributed by atoms with Gasteiger partial charge in [-0.25, -0.2) is 0 Å². The molecule has 10 amide bonds. The number of carbonyl (C=O) groups is 10. The summed E-state index contributed by atoms with van der Waals surface area (Å²) in [4.78, 5) is 149. The zero-order chi connectivity index (χ0) is 62.6. The Balaban J connectivity index is 0. The molecule has 0 aromatic rings. The summed E-state index contributed by atoms with van der Waals surface area (Å²) in [7, 11) is 0. The van der Waals surface area contributed by atoms with Crippen LogP contribution in [0, 0.1) is 0 Å². The lowest BCUT2D eigenvalue weighted by Gasteiger charge is -2.36. The maximum absolute atomic E-state index is 14.5. The Kier molecular flexibility index (Phi) is 38.2. The van der Waals surface area contributed by atoms with Gasteiger partial charge in [0, 0.05) is 62.4 Å². The molecule has 25 nitrogen and oxygen atoms in total. The molecule has 0 heterocycles. The number of hydrogen-bond acceptors (Lipinski definition) is 15. The first-order valence-corrected chi connectivity index (χ1v) is 29.1. The Hall–Kier alpha value is -5.50. The van der Waals surface area contributed by atoms with Crippen molar-refractivity contribution in [2.24, 2.45) is 5.73 Å². The highest BCUT2D eigenvalue weighted by molar-refractivity contribution is 5.94. The van der Waals surface area contributed by atoms with Crippen molar-refractivity contribution >= 4 is 59.1 Å². The van der Waals surface area contributed by atoms with Gasteiger partial charge in [-0.05, 0) is 108 Å². The number of nitrogens with one attached hydrogen (secondary N) is 1. The third-order valence-corrected chi connectivity index (χ3v) is 14.6. The monoisotopic (exact) mass is 1170 g/mol. The van der Waals surface area contributed by atoms with E-state index in [1.54, 1.807) is 55.4 Å². The van der Waals surface area contributed by atoms with E-state index in [0.717, 1.165) is 26.0 Å². The van der Waals surface area contributed by atoms with Gasteiger partial charge in [-0.2, -0.15) is 0 Å². The first-order chi connectivity index (χ1) is 37.7. The van der Waals surface area contributed by atoms with Gasteiger partial charge in [0.15, 0.2) is 0 Å². The Morgan fingerprint density at radius 3 is 0.768 bits per heavy atom.